The third-order valence-corrected chi connectivity index (χ3v) is 1.43. The zero-order valence-electron chi connectivity index (χ0n) is 6.18. The van der Waals surface area contributed by atoms with E-state index >= 15 is 0 Å². The molecule has 0 aliphatic heterocycles. The van der Waals surface area contributed by atoms with Gasteiger partial charge in [0.15, 0.2) is 0 Å². The molecule has 2 aromatic heterocycles. The van der Waals surface area contributed by atoms with E-state index in [1.54, 1.807) is 18.6 Å². The van der Waals surface area contributed by atoms with Gasteiger partial charge in [0.2, 0.25) is 0 Å². The largest absolute Gasteiger partial charge is 0.159 e. The van der Waals surface area contributed by atoms with E-state index < -0.39 is 0 Å². The van der Waals surface area contributed by atoms with Crippen LogP contribution in [0.3, 0.4) is 0 Å². The second kappa shape index (κ2) is 3.04. The van der Waals surface area contributed by atoms with Gasteiger partial charge in [0, 0.05) is 11.1 Å². The zero-order valence-corrected chi connectivity index (χ0v) is 6.18. The number of aromatic nitrogens is 4. The molecule has 0 aliphatic rings. The van der Waals surface area contributed by atoms with Crippen LogP contribution in [0.5, 0.6) is 0 Å². The van der Waals surface area contributed by atoms with Crippen molar-refractivity contribution in [2.75, 3.05) is 0 Å². The van der Waals surface area contributed by atoms with E-state index in [9.17, 15) is 0 Å². The fourth-order valence-corrected chi connectivity index (χ4v) is 0.872. The monoisotopic (exact) mass is 157 g/mol. The lowest BCUT2D eigenvalue weighted by Crippen LogP contribution is -1.84. The zero-order chi connectivity index (χ0) is 8.23. The minimum Gasteiger partial charge on any atom is -0.159 e. The molecule has 0 N–H and O–H groups in total. The number of hydrogen-bond acceptors (Lipinski definition) is 4. The second-order valence-corrected chi connectivity index (χ2v) is 2.19. The van der Waals surface area contributed by atoms with Crippen molar-refractivity contribution in [1.82, 2.24) is 20.4 Å². The summed E-state index contributed by atoms with van der Waals surface area (Å²) in [4.78, 5) is 0. The van der Waals surface area contributed by atoms with Crippen molar-refractivity contribution in [2.24, 2.45) is 0 Å². The first-order valence-electron chi connectivity index (χ1n) is 3.43. The molecule has 0 atom stereocenters. The van der Waals surface area contributed by atoms with Crippen molar-refractivity contribution in [3.63, 3.8) is 0 Å². The average Bonchev–Trinajstić information content (AvgIpc) is 2.21. The molecule has 2 rings (SSSR count). The second-order valence-electron chi connectivity index (χ2n) is 2.19. The molecule has 0 amide bonds. The van der Waals surface area contributed by atoms with Crippen LogP contribution in [-0.4, -0.2) is 20.4 Å². The van der Waals surface area contributed by atoms with Gasteiger partial charge in [0.1, 0.15) is 6.20 Å². The molecule has 0 spiro atoms. The summed E-state index contributed by atoms with van der Waals surface area (Å²) in [5.41, 5.74) is 1.82. The van der Waals surface area contributed by atoms with E-state index in [1.807, 2.05) is 12.1 Å². The predicted octanol–water partition coefficient (Wildman–Crippen LogP) is 0.734. The van der Waals surface area contributed by atoms with Crippen molar-refractivity contribution in [3.05, 3.63) is 36.9 Å². The predicted molar refractivity (Wildman–Crippen MR) is 41.9 cm³/mol. The van der Waals surface area contributed by atoms with E-state index in [0.717, 1.165) is 11.1 Å². The van der Waals surface area contributed by atoms with Crippen LogP contribution in [0.1, 0.15) is 0 Å². The number of hydrogen-bond donors (Lipinski definition) is 0. The van der Waals surface area contributed by atoms with Crippen LogP contribution in [0.15, 0.2) is 30.7 Å². The average molecular weight is 157 g/mol. The Balaban J connectivity index is 2.46. The maximum absolute atomic E-state index is 3.74. The van der Waals surface area contributed by atoms with Crippen LogP contribution in [0.2, 0.25) is 0 Å². The molecule has 0 aliphatic carbocycles. The Hall–Kier alpha value is -1.84. The minimum absolute atomic E-state index is 0.875. The van der Waals surface area contributed by atoms with E-state index in [-0.39, 0.29) is 0 Å². The third kappa shape index (κ3) is 1.27. The van der Waals surface area contributed by atoms with Crippen LogP contribution < -0.4 is 0 Å². The first-order valence-corrected chi connectivity index (χ1v) is 3.43. The highest BCUT2D eigenvalue weighted by atomic mass is 15.1. The topological polar surface area (TPSA) is 51.6 Å². The van der Waals surface area contributed by atoms with Crippen molar-refractivity contribution >= 4 is 0 Å². The molecule has 0 fully saturated rings. The van der Waals surface area contributed by atoms with Gasteiger partial charge in [0.25, 0.3) is 0 Å². The number of nitrogens with zero attached hydrogens (tertiary/aromatic N) is 4. The third-order valence-electron chi connectivity index (χ3n) is 1.43. The lowest BCUT2D eigenvalue weighted by Gasteiger charge is -1.95. The summed E-state index contributed by atoms with van der Waals surface area (Å²) in [6.45, 7) is 0. The smallest absolute Gasteiger partial charge is 0.122 e. The molecule has 0 saturated heterocycles. The standard InChI is InChI=1S/C8H5N4/c1-3-9-11-5-7(1)8-2-4-10-12-6-8/h1-5H. The van der Waals surface area contributed by atoms with Crippen LogP contribution in [0, 0.1) is 6.20 Å². The molecule has 0 unspecified atom stereocenters. The fourth-order valence-electron chi connectivity index (χ4n) is 0.872. The van der Waals surface area contributed by atoms with Gasteiger partial charge in [-0.2, -0.15) is 15.3 Å². The maximum Gasteiger partial charge on any atom is 0.122 e. The van der Waals surface area contributed by atoms with Gasteiger partial charge in [-0.1, -0.05) is 0 Å². The molecule has 4 heteroatoms. The maximum atomic E-state index is 3.74. The highest BCUT2D eigenvalue weighted by Gasteiger charge is 1.95. The quantitative estimate of drug-likeness (QED) is 0.612. The molecule has 12 heavy (non-hydrogen) atoms. The van der Waals surface area contributed by atoms with Crippen molar-refractivity contribution < 1.29 is 0 Å². The summed E-state index contributed by atoms with van der Waals surface area (Å²) in [5, 5.41) is 14.7. The summed E-state index contributed by atoms with van der Waals surface area (Å²) in [5.74, 6) is 0. The summed E-state index contributed by atoms with van der Waals surface area (Å²) < 4.78 is 0. The Morgan fingerprint density at radius 3 is 2.58 bits per heavy atom. The van der Waals surface area contributed by atoms with Crippen molar-refractivity contribution in [2.45, 2.75) is 0 Å². The molecule has 2 aromatic rings. The molecular formula is C8H5N4. The van der Waals surface area contributed by atoms with Gasteiger partial charge in [-0.25, -0.2) is 0 Å². The minimum atomic E-state index is 0.875. The summed E-state index contributed by atoms with van der Waals surface area (Å²) in [6.07, 6.45) is 7.66. The number of rotatable bonds is 1. The first kappa shape index (κ1) is 6.84. The van der Waals surface area contributed by atoms with Gasteiger partial charge < -0.3 is 0 Å². The normalized spacial score (nSPS) is 9.67. The molecule has 2 heterocycles. The van der Waals surface area contributed by atoms with E-state index in [1.165, 1.54) is 0 Å². The molecule has 0 aromatic carbocycles. The first-order chi connectivity index (χ1) is 5.97. The Morgan fingerprint density at radius 2 is 1.92 bits per heavy atom. The van der Waals surface area contributed by atoms with Crippen LogP contribution in [0.4, 0.5) is 0 Å². The molecule has 57 valence electrons. The molecule has 0 saturated carbocycles. The van der Waals surface area contributed by atoms with E-state index in [2.05, 4.69) is 26.6 Å². The lowest BCUT2D eigenvalue weighted by atomic mass is 10.2. The van der Waals surface area contributed by atoms with Crippen molar-refractivity contribution in [1.29, 1.82) is 0 Å². The van der Waals surface area contributed by atoms with Gasteiger partial charge in [0.05, 0.1) is 18.6 Å². The summed E-state index contributed by atoms with van der Waals surface area (Å²) in [7, 11) is 0. The molecular weight excluding hydrogens is 152 g/mol. The Bertz CT molecular complexity index is 308. The Labute approximate surface area is 69.3 Å². The fraction of sp³-hybridized carbons (Fsp3) is 0. The van der Waals surface area contributed by atoms with Crippen LogP contribution in [-0.2, 0) is 0 Å². The van der Waals surface area contributed by atoms with E-state index in [0.29, 0.717) is 0 Å². The van der Waals surface area contributed by atoms with Gasteiger partial charge in [-0.3, -0.25) is 0 Å². The van der Waals surface area contributed by atoms with Crippen LogP contribution >= 0.6 is 0 Å². The molecule has 0 bridgehead atoms. The van der Waals surface area contributed by atoms with E-state index in [4.69, 9.17) is 0 Å². The van der Waals surface area contributed by atoms with Gasteiger partial charge in [-0.15, -0.1) is 5.10 Å². The van der Waals surface area contributed by atoms with Crippen LogP contribution in [0.25, 0.3) is 11.1 Å². The SMILES string of the molecule is [c]1nnccc1-c1ccnnc1. The Kier molecular flexibility index (Phi) is 1.74. The molecule has 4 nitrogen and oxygen atoms in total. The van der Waals surface area contributed by atoms with Crippen molar-refractivity contribution in [3.8, 4) is 11.1 Å². The summed E-state index contributed by atoms with van der Waals surface area (Å²) >= 11 is 0. The van der Waals surface area contributed by atoms with Gasteiger partial charge in [-0.05, 0) is 12.1 Å². The lowest BCUT2D eigenvalue weighted by molar-refractivity contribution is 1.01. The highest BCUT2D eigenvalue weighted by molar-refractivity contribution is 5.59. The molecule has 1 radical (unpaired) electrons. The summed E-state index contributed by atoms with van der Waals surface area (Å²) in [6, 6.07) is 3.67. The van der Waals surface area contributed by atoms with Gasteiger partial charge >= 0.3 is 0 Å². The highest BCUT2D eigenvalue weighted by Crippen LogP contribution is 2.13. The Morgan fingerprint density at radius 1 is 1.00 bits per heavy atom.